The number of carbonyl (C=O) groups excluding carboxylic acids is 1. The summed E-state index contributed by atoms with van der Waals surface area (Å²) in [6.07, 6.45) is 20.0. The van der Waals surface area contributed by atoms with Crippen LogP contribution in [-0.2, 0) is 9.53 Å². The standard InChI is InChI=1S/C22H44NO2/c1-5-22(24)25-21-19-17-15-13-11-9-7-6-8-10-12-14-16-18-20-23(2,3)4/h5H,1,6-21H2,2-4H3/q+1. The number of hydrogen-bond donors (Lipinski definition) is 0. The van der Waals surface area contributed by atoms with E-state index >= 15 is 0 Å². The predicted octanol–water partition coefficient (Wildman–Crippen LogP) is 5.88. The van der Waals surface area contributed by atoms with E-state index in [4.69, 9.17) is 4.74 Å². The zero-order valence-corrected chi connectivity index (χ0v) is 17.4. The maximum atomic E-state index is 10.9. The van der Waals surface area contributed by atoms with E-state index in [-0.39, 0.29) is 5.97 Å². The van der Waals surface area contributed by atoms with Crippen LogP contribution in [0, 0.1) is 0 Å². The van der Waals surface area contributed by atoms with Crippen molar-refractivity contribution in [3.63, 3.8) is 0 Å². The van der Waals surface area contributed by atoms with Crippen LogP contribution < -0.4 is 0 Å². The molecule has 0 aliphatic rings. The molecule has 148 valence electrons. The average Bonchev–Trinajstić information content (AvgIpc) is 2.56. The topological polar surface area (TPSA) is 26.3 Å². The number of carbonyl (C=O) groups is 1. The molecular weight excluding hydrogens is 310 g/mol. The van der Waals surface area contributed by atoms with E-state index in [9.17, 15) is 4.79 Å². The van der Waals surface area contributed by atoms with Crippen molar-refractivity contribution < 1.29 is 14.0 Å². The van der Waals surface area contributed by atoms with Crippen molar-refractivity contribution in [2.45, 2.75) is 89.9 Å². The second-order valence-corrected chi connectivity index (χ2v) is 8.34. The first-order chi connectivity index (χ1) is 12.0. The molecule has 0 radical (unpaired) electrons. The summed E-state index contributed by atoms with van der Waals surface area (Å²) in [6.45, 7) is 5.23. The third-order valence-electron chi connectivity index (χ3n) is 4.63. The molecule has 25 heavy (non-hydrogen) atoms. The Balaban J connectivity index is 3.07. The normalized spacial score (nSPS) is 11.5. The highest BCUT2D eigenvalue weighted by atomic mass is 16.5. The van der Waals surface area contributed by atoms with Gasteiger partial charge in [0.2, 0.25) is 0 Å². The molecule has 0 rings (SSSR count). The summed E-state index contributed by atoms with van der Waals surface area (Å²) < 4.78 is 6.06. The van der Waals surface area contributed by atoms with E-state index in [1.165, 1.54) is 96.1 Å². The Morgan fingerprint density at radius 1 is 0.720 bits per heavy atom. The Labute approximate surface area is 157 Å². The van der Waals surface area contributed by atoms with E-state index < -0.39 is 0 Å². The molecule has 3 nitrogen and oxygen atoms in total. The van der Waals surface area contributed by atoms with Gasteiger partial charge >= 0.3 is 5.97 Å². The second-order valence-electron chi connectivity index (χ2n) is 8.34. The van der Waals surface area contributed by atoms with Gasteiger partial charge in [-0.05, 0) is 19.3 Å². The van der Waals surface area contributed by atoms with Crippen LogP contribution in [0.1, 0.15) is 89.9 Å². The van der Waals surface area contributed by atoms with Gasteiger partial charge in [0.15, 0.2) is 0 Å². The van der Waals surface area contributed by atoms with E-state index in [0.29, 0.717) is 6.61 Å². The number of ether oxygens (including phenoxy) is 1. The molecule has 0 unspecified atom stereocenters. The molecule has 0 aromatic heterocycles. The van der Waals surface area contributed by atoms with Crippen molar-refractivity contribution in [1.82, 2.24) is 0 Å². The molecule has 0 heterocycles. The van der Waals surface area contributed by atoms with Crippen molar-refractivity contribution in [3.8, 4) is 0 Å². The van der Waals surface area contributed by atoms with Crippen LogP contribution in [-0.4, -0.2) is 44.7 Å². The minimum Gasteiger partial charge on any atom is -0.463 e. The molecule has 0 fully saturated rings. The van der Waals surface area contributed by atoms with Crippen LogP contribution in [0.25, 0.3) is 0 Å². The van der Waals surface area contributed by atoms with Crippen molar-refractivity contribution in [2.75, 3.05) is 34.3 Å². The summed E-state index contributed by atoms with van der Waals surface area (Å²) in [6, 6.07) is 0. The maximum absolute atomic E-state index is 10.9. The molecule has 0 aromatic rings. The number of quaternary nitrogens is 1. The third-order valence-corrected chi connectivity index (χ3v) is 4.63. The Morgan fingerprint density at radius 2 is 1.08 bits per heavy atom. The summed E-state index contributed by atoms with van der Waals surface area (Å²) in [5, 5.41) is 0. The summed E-state index contributed by atoms with van der Waals surface area (Å²) >= 11 is 0. The first-order valence-corrected chi connectivity index (χ1v) is 10.6. The SMILES string of the molecule is C=CC(=O)OCCCCCCCCCCCCCCCC[N+](C)(C)C. The fourth-order valence-corrected chi connectivity index (χ4v) is 3.04. The fraction of sp³-hybridized carbons (Fsp3) is 0.864. The van der Waals surface area contributed by atoms with Gasteiger partial charge in [-0.2, -0.15) is 0 Å². The Bertz CT molecular complexity index is 320. The lowest BCUT2D eigenvalue weighted by atomic mass is 10.0. The van der Waals surface area contributed by atoms with E-state index in [1.54, 1.807) is 0 Å². The molecule has 0 N–H and O–H groups in total. The summed E-state index contributed by atoms with van der Waals surface area (Å²) in [7, 11) is 6.84. The molecule has 0 aliphatic carbocycles. The van der Waals surface area contributed by atoms with Gasteiger partial charge in [-0.15, -0.1) is 0 Å². The molecule has 0 amide bonds. The lowest BCUT2D eigenvalue weighted by Crippen LogP contribution is -2.35. The van der Waals surface area contributed by atoms with Gasteiger partial charge in [-0.1, -0.05) is 77.2 Å². The van der Waals surface area contributed by atoms with Crippen LogP contribution in [0.2, 0.25) is 0 Å². The number of rotatable bonds is 18. The van der Waals surface area contributed by atoms with Gasteiger partial charge in [-0.25, -0.2) is 4.79 Å². The Hall–Kier alpha value is -0.830. The van der Waals surface area contributed by atoms with Gasteiger partial charge < -0.3 is 9.22 Å². The van der Waals surface area contributed by atoms with E-state index in [0.717, 1.165) is 10.9 Å². The summed E-state index contributed by atoms with van der Waals surface area (Å²) in [5.74, 6) is -0.302. The predicted molar refractivity (Wildman–Crippen MR) is 109 cm³/mol. The van der Waals surface area contributed by atoms with Crippen molar-refractivity contribution in [1.29, 1.82) is 0 Å². The zero-order chi connectivity index (χ0) is 18.8. The summed E-state index contributed by atoms with van der Waals surface area (Å²) in [4.78, 5) is 10.9. The Kier molecular flexibility index (Phi) is 16.1. The van der Waals surface area contributed by atoms with E-state index in [1.807, 2.05) is 0 Å². The van der Waals surface area contributed by atoms with Gasteiger partial charge in [0, 0.05) is 6.08 Å². The molecule has 0 saturated carbocycles. The lowest BCUT2D eigenvalue weighted by Gasteiger charge is -2.23. The van der Waals surface area contributed by atoms with Crippen LogP contribution in [0.4, 0.5) is 0 Å². The van der Waals surface area contributed by atoms with Crippen molar-refractivity contribution in [2.24, 2.45) is 0 Å². The first kappa shape index (κ1) is 24.2. The maximum Gasteiger partial charge on any atom is 0.330 e. The van der Waals surface area contributed by atoms with Gasteiger partial charge in [0.05, 0.1) is 34.3 Å². The van der Waals surface area contributed by atoms with Gasteiger partial charge in [0.25, 0.3) is 0 Å². The lowest BCUT2D eigenvalue weighted by molar-refractivity contribution is -0.870. The zero-order valence-electron chi connectivity index (χ0n) is 17.4. The van der Waals surface area contributed by atoms with Gasteiger partial charge in [0.1, 0.15) is 0 Å². The fourth-order valence-electron chi connectivity index (χ4n) is 3.04. The number of unbranched alkanes of at least 4 members (excludes halogenated alkanes) is 13. The molecule has 0 saturated heterocycles. The average molecular weight is 355 g/mol. The van der Waals surface area contributed by atoms with Crippen LogP contribution in [0.5, 0.6) is 0 Å². The van der Waals surface area contributed by atoms with Gasteiger partial charge in [-0.3, -0.25) is 0 Å². The molecule has 0 spiro atoms. The molecule has 0 aromatic carbocycles. The van der Waals surface area contributed by atoms with Crippen molar-refractivity contribution in [3.05, 3.63) is 12.7 Å². The number of nitrogens with zero attached hydrogens (tertiary/aromatic N) is 1. The highest BCUT2D eigenvalue weighted by Crippen LogP contribution is 2.13. The number of esters is 1. The van der Waals surface area contributed by atoms with E-state index in [2.05, 4.69) is 27.7 Å². The molecule has 0 bridgehead atoms. The smallest absolute Gasteiger partial charge is 0.330 e. The van der Waals surface area contributed by atoms with Crippen LogP contribution in [0.3, 0.4) is 0 Å². The molecular formula is C22H44NO2+. The third kappa shape index (κ3) is 21.1. The highest BCUT2D eigenvalue weighted by Gasteiger charge is 2.04. The Morgan fingerprint density at radius 3 is 1.44 bits per heavy atom. The first-order valence-electron chi connectivity index (χ1n) is 10.6. The summed E-state index contributed by atoms with van der Waals surface area (Å²) in [5.41, 5.74) is 0. The monoisotopic (exact) mass is 354 g/mol. The quantitative estimate of drug-likeness (QED) is 0.133. The minimum atomic E-state index is -0.302. The number of hydrogen-bond acceptors (Lipinski definition) is 2. The minimum absolute atomic E-state index is 0.302. The molecule has 0 atom stereocenters. The largest absolute Gasteiger partial charge is 0.463 e. The molecule has 3 heteroatoms. The second kappa shape index (κ2) is 16.6. The molecule has 0 aliphatic heterocycles. The van der Waals surface area contributed by atoms with Crippen LogP contribution in [0.15, 0.2) is 12.7 Å². The highest BCUT2D eigenvalue weighted by molar-refractivity contribution is 5.81. The van der Waals surface area contributed by atoms with Crippen molar-refractivity contribution >= 4 is 5.97 Å². The van der Waals surface area contributed by atoms with Crippen LogP contribution >= 0.6 is 0 Å².